The van der Waals surface area contributed by atoms with Crippen molar-refractivity contribution in [3.05, 3.63) is 65.1 Å². The van der Waals surface area contributed by atoms with Gasteiger partial charge in [0.2, 0.25) is 0 Å². The number of nitrogens with zero attached hydrogens (tertiary/aromatic N) is 3. The summed E-state index contributed by atoms with van der Waals surface area (Å²) in [7, 11) is 0. The van der Waals surface area contributed by atoms with Crippen molar-refractivity contribution in [3.8, 4) is 0 Å². The first kappa shape index (κ1) is 24.7. The lowest BCUT2D eigenvalue weighted by Crippen LogP contribution is -2.47. The summed E-state index contributed by atoms with van der Waals surface area (Å²) in [4.78, 5) is 31.3. The molecular weight excluding hydrogens is 460 g/mol. The SMILES string of the molecule is Cc1cc(Nc2cc(N3CCCC(NC(=O)c4ccc(C(C)(C)C)cc4)C3)cnc2C(N)=O)sn1. The molecule has 1 atom stereocenters. The number of benzene rings is 1. The van der Waals surface area contributed by atoms with Crippen molar-refractivity contribution in [3.63, 3.8) is 0 Å². The van der Waals surface area contributed by atoms with E-state index in [1.54, 1.807) is 6.20 Å². The maximum absolute atomic E-state index is 12.9. The van der Waals surface area contributed by atoms with E-state index < -0.39 is 5.91 Å². The van der Waals surface area contributed by atoms with E-state index >= 15 is 0 Å². The van der Waals surface area contributed by atoms with Crippen molar-refractivity contribution >= 4 is 39.7 Å². The summed E-state index contributed by atoms with van der Waals surface area (Å²) in [5, 5.41) is 7.22. The first-order valence-electron chi connectivity index (χ1n) is 11.8. The molecule has 1 saturated heterocycles. The summed E-state index contributed by atoms with van der Waals surface area (Å²) < 4.78 is 4.27. The number of primary amides is 1. The Morgan fingerprint density at radius 3 is 2.54 bits per heavy atom. The Morgan fingerprint density at radius 2 is 1.91 bits per heavy atom. The van der Waals surface area contributed by atoms with Crippen LogP contribution in [0.25, 0.3) is 0 Å². The van der Waals surface area contributed by atoms with Crippen molar-refractivity contribution in [1.29, 1.82) is 0 Å². The Balaban J connectivity index is 1.47. The first-order valence-corrected chi connectivity index (χ1v) is 12.5. The molecule has 0 radical (unpaired) electrons. The van der Waals surface area contributed by atoms with Crippen molar-refractivity contribution in [2.75, 3.05) is 23.3 Å². The molecular formula is C26H32N6O2S. The van der Waals surface area contributed by atoms with Gasteiger partial charge < -0.3 is 21.3 Å². The van der Waals surface area contributed by atoms with Crippen LogP contribution in [0.5, 0.6) is 0 Å². The van der Waals surface area contributed by atoms with Crippen molar-refractivity contribution in [2.45, 2.75) is 52.0 Å². The third-order valence-electron chi connectivity index (χ3n) is 6.13. The Labute approximate surface area is 210 Å². The predicted octanol–water partition coefficient (Wildman–Crippen LogP) is 4.39. The molecule has 3 aromatic rings. The Bertz CT molecular complexity index is 1220. The fraction of sp³-hybridized carbons (Fsp3) is 0.385. The van der Waals surface area contributed by atoms with Crippen LogP contribution >= 0.6 is 11.5 Å². The average Bonchev–Trinajstić information content (AvgIpc) is 3.23. The van der Waals surface area contributed by atoms with Crippen LogP contribution in [-0.2, 0) is 5.41 Å². The number of piperidine rings is 1. The molecule has 1 fully saturated rings. The van der Waals surface area contributed by atoms with Gasteiger partial charge in [-0.05, 0) is 66.5 Å². The predicted molar refractivity (Wildman–Crippen MR) is 141 cm³/mol. The van der Waals surface area contributed by atoms with E-state index in [2.05, 4.69) is 45.7 Å². The lowest BCUT2D eigenvalue weighted by Gasteiger charge is -2.35. The molecule has 4 N–H and O–H groups in total. The van der Waals surface area contributed by atoms with Gasteiger partial charge in [-0.2, -0.15) is 4.37 Å². The van der Waals surface area contributed by atoms with Crippen LogP contribution in [0.15, 0.2) is 42.6 Å². The monoisotopic (exact) mass is 492 g/mol. The summed E-state index contributed by atoms with van der Waals surface area (Å²) in [5.74, 6) is -0.663. The highest BCUT2D eigenvalue weighted by Crippen LogP contribution is 2.29. The number of rotatable bonds is 6. The minimum absolute atomic E-state index is 0.00918. The second kappa shape index (κ2) is 10.0. The van der Waals surface area contributed by atoms with Crippen LogP contribution in [0.1, 0.15) is 65.7 Å². The summed E-state index contributed by atoms with van der Waals surface area (Å²) in [6, 6.07) is 11.6. The lowest BCUT2D eigenvalue weighted by atomic mass is 9.86. The van der Waals surface area contributed by atoms with Crippen LogP contribution in [-0.4, -0.2) is 40.3 Å². The molecule has 3 heterocycles. The minimum Gasteiger partial charge on any atom is -0.368 e. The zero-order chi connectivity index (χ0) is 25.2. The van der Waals surface area contributed by atoms with E-state index in [1.165, 1.54) is 17.1 Å². The third-order valence-corrected chi connectivity index (χ3v) is 6.92. The highest BCUT2D eigenvalue weighted by Gasteiger charge is 2.24. The molecule has 8 nitrogen and oxygen atoms in total. The van der Waals surface area contributed by atoms with E-state index in [0.717, 1.165) is 35.8 Å². The Morgan fingerprint density at radius 1 is 1.17 bits per heavy atom. The molecule has 35 heavy (non-hydrogen) atoms. The first-order chi connectivity index (χ1) is 16.6. The third kappa shape index (κ3) is 5.97. The molecule has 1 aliphatic rings. The molecule has 184 valence electrons. The summed E-state index contributed by atoms with van der Waals surface area (Å²) in [5.41, 5.74) is 9.94. The molecule has 0 bridgehead atoms. The van der Waals surface area contributed by atoms with Gasteiger partial charge in [0.05, 0.1) is 23.3 Å². The Hall–Kier alpha value is -3.46. The van der Waals surface area contributed by atoms with Crippen molar-refractivity contribution < 1.29 is 9.59 Å². The fourth-order valence-electron chi connectivity index (χ4n) is 4.19. The minimum atomic E-state index is -0.596. The number of carbonyl (C=O) groups excluding carboxylic acids is 2. The second-order valence-electron chi connectivity index (χ2n) is 10.00. The quantitative estimate of drug-likeness (QED) is 0.470. The van der Waals surface area contributed by atoms with Gasteiger partial charge in [-0.15, -0.1) is 0 Å². The maximum atomic E-state index is 12.9. The molecule has 4 rings (SSSR count). The van der Waals surface area contributed by atoms with Crippen molar-refractivity contribution in [1.82, 2.24) is 14.7 Å². The van der Waals surface area contributed by atoms with Gasteiger partial charge in [-0.25, -0.2) is 4.98 Å². The number of nitrogens with two attached hydrogens (primary N) is 1. The summed E-state index contributed by atoms with van der Waals surface area (Å²) in [6.45, 7) is 9.87. The highest BCUT2D eigenvalue weighted by molar-refractivity contribution is 7.10. The summed E-state index contributed by atoms with van der Waals surface area (Å²) >= 11 is 1.31. The van der Waals surface area contributed by atoms with Gasteiger partial charge >= 0.3 is 0 Å². The van der Waals surface area contributed by atoms with Crippen LogP contribution in [0.4, 0.5) is 16.4 Å². The fourth-order valence-corrected chi connectivity index (χ4v) is 4.87. The molecule has 1 aliphatic heterocycles. The number of anilines is 3. The van der Waals surface area contributed by atoms with E-state index in [9.17, 15) is 9.59 Å². The topological polar surface area (TPSA) is 113 Å². The number of amides is 2. The molecule has 2 aromatic heterocycles. The van der Waals surface area contributed by atoms with Crippen molar-refractivity contribution in [2.24, 2.45) is 5.73 Å². The van der Waals surface area contributed by atoms with E-state index in [-0.39, 0.29) is 23.1 Å². The molecule has 0 aliphatic carbocycles. The molecule has 9 heteroatoms. The van der Waals surface area contributed by atoms with Gasteiger partial charge in [0, 0.05) is 24.7 Å². The van der Waals surface area contributed by atoms with E-state index in [1.807, 2.05) is 43.3 Å². The molecule has 1 aromatic carbocycles. The maximum Gasteiger partial charge on any atom is 0.269 e. The second-order valence-corrected chi connectivity index (χ2v) is 10.8. The van der Waals surface area contributed by atoms with Gasteiger partial charge in [0.1, 0.15) is 5.00 Å². The smallest absolute Gasteiger partial charge is 0.269 e. The summed E-state index contributed by atoms with van der Waals surface area (Å²) in [6.07, 6.45) is 3.50. The van der Waals surface area contributed by atoms with E-state index in [4.69, 9.17) is 5.73 Å². The van der Waals surface area contributed by atoms with Crippen LogP contribution in [0, 0.1) is 6.92 Å². The Kier molecular flexibility index (Phi) is 7.07. The highest BCUT2D eigenvalue weighted by atomic mass is 32.1. The van der Waals surface area contributed by atoms with Gasteiger partial charge in [-0.1, -0.05) is 32.9 Å². The number of aryl methyl sites for hydroxylation is 1. The zero-order valence-electron chi connectivity index (χ0n) is 20.6. The average molecular weight is 493 g/mol. The number of pyridine rings is 1. The zero-order valence-corrected chi connectivity index (χ0v) is 21.4. The van der Waals surface area contributed by atoms with Crippen LogP contribution < -0.4 is 21.3 Å². The largest absolute Gasteiger partial charge is 0.368 e. The lowest BCUT2D eigenvalue weighted by molar-refractivity contribution is 0.0932. The van der Waals surface area contributed by atoms with Gasteiger partial charge in [0.25, 0.3) is 11.8 Å². The number of hydrogen-bond donors (Lipinski definition) is 3. The molecule has 1 unspecified atom stereocenters. The van der Waals surface area contributed by atoms with Crippen LogP contribution in [0.3, 0.4) is 0 Å². The number of nitrogens with one attached hydrogen (secondary N) is 2. The number of carbonyl (C=O) groups is 2. The number of aromatic nitrogens is 2. The van der Waals surface area contributed by atoms with Crippen LogP contribution in [0.2, 0.25) is 0 Å². The molecule has 0 saturated carbocycles. The molecule has 0 spiro atoms. The standard InChI is InChI=1S/C26H32N6O2S/c1-16-12-22(35-31-16)30-21-13-20(14-28-23(21)24(27)33)32-11-5-6-19(15-32)29-25(34)17-7-9-18(10-8-17)26(2,3)4/h7-10,12-14,19,30H,5-6,11,15H2,1-4H3,(H2,27,33)(H,29,34). The van der Waals surface area contributed by atoms with Gasteiger partial charge in [-0.3, -0.25) is 9.59 Å². The van der Waals surface area contributed by atoms with E-state index in [0.29, 0.717) is 17.8 Å². The number of hydrogen-bond acceptors (Lipinski definition) is 7. The molecule has 2 amide bonds. The van der Waals surface area contributed by atoms with Gasteiger partial charge in [0.15, 0.2) is 5.69 Å². The normalized spacial score (nSPS) is 16.1.